The van der Waals surface area contributed by atoms with E-state index in [-0.39, 0.29) is 20.1 Å². The number of fused-ring (bicyclic) bond motifs is 12. The normalized spacial score (nSPS) is 28.1. The monoisotopic (exact) mass is 759 g/mol. The van der Waals surface area contributed by atoms with Crippen LogP contribution in [0.1, 0.15) is 0 Å². The van der Waals surface area contributed by atoms with Gasteiger partial charge in [-0.05, 0) is 85.7 Å². The molecule has 0 radical (unpaired) electrons. The number of hydrogen-bond donors (Lipinski definition) is 0. The van der Waals surface area contributed by atoms with Gasteiger partial charge in [-0.15, -0.1) is 0 Å². The lowest BCUT2D eigenvalue weighted by molar-refractivity contribution is 1.06. The van der Waals surface area contributed by atoms with Gasteiger partial charge >= 0.3 is 0 Å². The molecule has 3 nitrogen and oxygen atoms in total. The molecule has 0 unspecified atom stereocenters. The van der Waals surface area contributed by atoms with Crippen molar-refractivity contribution in [1.29, 1.82) is 0 Å². The molecule has 0 aromatic heterocycles. The second-order valence-electron chi connectivity index (χ2n) is 16.3. The van der Waals surface area contributed by atoms with Crippen molar-refractivity contribution in [2.45, 2.75) is 0 Å². The van der Waals surface area contributed by atoms with Crippen molar-refractivity contribution in [3.63, 3.8) is 0 Å². The molecule has 0 N–H and O–H groups in total. The maximum Gasteiger partial charge on any atom is 0.252 e. The van der Waals surface area contributed by atoms with Crippen molar-refractivity contribution >= 4 is 53.6 Å². The van der Waals surface area contributed by atoms with Crippen LogP contribution >= 0.6 is 0 Å². The molecule has 6 heteroatoms. The van der Waals surface area contributed by atoms with Gasteiger partial charge in [-0.2, -0.15) is 0 Å². The number of hydrogen-bond acceptors (Lipinski definition) is 3. The fraction of sp³-hybridized carbons (Fsp3) is 0. The lowest BCUT2D eigenvalue weighted by Gasteiger charge is -2.56. The Morgan fingerprint density at radius 3 is 0.550 bits per heavy atom. The molecule has 0 fully saturated rings. The van der Waals surface area contributed by atoms with Crippen LogP contribution in [0.15, 0.2) is 286 Å². The van der Waals surface area contributed by atoms with E-state index in [4.69, 9.17) is 0 Å². The van der Waals surface area contributed by atoms with Crippen LogP contribution in [0.5, 0.6) is 0 Å². The molecule has 0 amide bonds. The number of anilines is 3. The van der Waals surface area contributed by atoms with Crippen LogP contribution in [0.3, 0.4) is 0 Å². The standard InChI is InChI=1S/C54H36B3N3/c1-7-19-31-43-37(25-13-1)55-38-26-14-2-8-20-32-44(38)59-46-34-22-10-4-16-28-40(46)57-42-30-18-6-12-24-36-48(42)60-47-35-23-11-5-17-29-41(47)56-39-27-15-3-9-21-33-45(39)58(43)52-49(55)53(59)51(57)54(60)50(52)56/h1-36H/b7-1-,8-2-,9-3-,10-4-,11-5-,12-6?,13-1?,14-2?,15-3?,16-4?,17-5?,18-6?,19-7?,20-8?,21-9?,22-10?,23-11?,24-12?,25-13?,26-14-,27-15-,28-16?,29-17?,30-18?,31-19-,32-20?,33-21?,34-22-,35-23-,36-24-,37-25?,38-26?,39-27?,40-28?,41-29?,42-30?,43-31?,44-32?,45-33?,46-34?,47-35?,48-36?. The van der Waals surface area contributed by atoms with Crippen molar-refractivity contribution in [2.75, 3.05) is 14.7 Å². The molecule has 276 valence electrons. The van der Waals surface area contributed by atoms with E-state index in [0.717, 1.165) is 0 Å². The summed E-state index contributed by atoms with van der Waals surface area (Å²) >= 11 is 0. The molecule has 13 rings (SSSR count). The van der Waals surface area contributed by atoms with Crippen molar-refractivity contribution in [3.8, 4) is 0 Å². The van der Waals surface area contributed by atoms with Crippen molar-refractivity contribution in [3.05, 3.63) is 286 Å². The van der Waals surface area contributed by atoms with E-state index in [1.54, 1.807) is 0 Å². The predicted octanol–water partition coefficient (Wildman–Crippen LogP) is 9.15. The molecule has 0 saturated heterocycles. The molecule has 60 heavy (non-hydrogen) atoms. The smallest absolute Gasteiger partial charge is 0.252 e. The highest BCUT2D eigenvalue weighted by atomic mass is 15.2. The number of rotatable bonds is 0. The first-order valence-corrected chi connectivity index (χ1v) is 21.1. The van der Waals surface area contributed by atoms with Gasteiger partial charge in [0.15, 0.2) is 0 Å². The van der Waals surface area contributed by atoms with E-state index < -0.39 is 0 Å². The first-order valence-electron chi connectivity index (χ1n) is 21.1. The second kappa shape index (κ2) is 13.0. The fourth-order valence-electron chi connectivity index (χ4n) is 11.2. The number of nitrogens with zero attached hydrogens (tertiary/aromatic N) is 3. The maximum atomic E-state index is 2.63. The highest BCUT2D eigenvalue weighted by molar-refractivity contribution is 6.99. The van der Waals surface area contributed by atoms with Gasteiger partial charge in [0.2, 0.25) is 0 Å². The minimum absolute atomic E-state index is 0.0222. The van der Waals surface area contributed by atoms with Gasteiger partial charge in [0, 0.05) is 51.2 Å². The summed E-state index contributed by atoms with van der Waals surface area (Å²) in [5.41, 5.74) is 23.1. The van der Waals surface area contributed by atoms with Crippen LogP contribution in [0, 0.1) is 0 Å². The minimum atomic E-state index is -0.0222. The van der Waals surface area contributed by atoms with Crippen LogP contribution in [0.25, 0.3) is 0 Å². The summed E-state index contributed by atoms with van der Waals surface area (Å²) in [6.07, 6.45) is 81.0. The Bertz CT molecular complexity index is 2380. The molecule has 12 aliphatic rings. The van der Waals surface area contributed by atoms with Gasteiger partial charge in [0.1, 0.15) is 0 Å². The van der Waals surface area contributed by atoms with E-state index in [1.807, 2.05) is 0 Å². The Morgan fingerprint density at radius 1 is 0.200 bits per heavy atom. The van der Waals surface area contributed by atoms with Gasteiger partial charge in [-0.25, -0.2) is 0 Å². The zero-order chi connectivity index (χ0) is 39.3. The minimum Gasteiger partial charge on any atom is -0.312 e. The SMILES string of the molecule is C1=C/C=C\C2=C(C=C1)B1C3=C(/C=C\C=C/C=C3)N3C4=C(/C=C\C=C/C=C4)B4C5=C(/C=C\C=C/C=C5)N5C6=C(/C=C\C=C/C=C6)B6C7=C(/C=C\C=C/C=C7)N2c2c1c3c4c5c26. The van der Waals surface area contributed by atoms with Gasteiger partial charge in [-0.3, -0.25) is 0 Å². The summed E-state index contributed by atoms with van der Waals surface area (Å²) in [4.78, 5) is 7.90. The Balaban J connectivity index is 1.29. The number of allylic oxidation sites excluding steroid dienone is 42. The summed E-state index contributed by atoms with van der Waals surface area (Å²) < 4.78 is 0. The lowest BCUT2D eigenvalue weighted by Crippen LogP contribution is -2.66. The van der Waals surface area contributed by atoms with Crippen LogP contribution in [0.4, 0.5) is 17.1 Å². The molecule has 6 aliphatic carbocycles. The predicted molar refractivity (Wildman–Crippen MR) is 257 cm³/mol. The molecule has 6 aliphatic heterocycles. The summed E-state index contributed by atoms with van der Waals surface area (Å²) in [5.74, 6) is 0. The molecule has 0 bridgehead atoms. The number of benzene rings is 1. The van der Waals surface area contributed by atoms with Crippen molar-refractivity contribution in [1.82, 2.24) is 0 Å². The first-order chi connectivity index (χ1) is 29.9. The van der Waals surface area contributed by atoms with Gasteiger partial charge < -0.3 is 14.7 Å². The molecule has 1 aromatic rings. The molecule has 6 heterocycles. The Hall–Kier alpha value is -7.43. The summed E-state index contributed by atoms with van der Waals surface area (Å²) in [6.45, 7) is -0.0666. The lowest BCUT2D eigenvalue weighted by atomic mass is 9.24. The van der Waals surface area contributed by atoms with E-state index in [9.17, 15) is 0 Å². The highest BCUT2D eigenvalue weighted by Crippen LogP contribution is 2.54. The summed E-state index contributed by atoms with van der Waals surface area (Å²) in [6, 6.07) is 0. The average Bonchev–Trinajstić information content (AvgIpc) is 3.18. The van der Waals surface area contributed by atoms with E-state index in [1.165, 1.54) is 100 Å². The zero-order valence-electron chi connectivity index (χ0n) is 32.9. The van der Waals surface area contributed by atoms with Crippen LogP contribution in [-0.4, -0.2) is 20.1 Å². The first kappa shape index (κ1) is 33.5. The van der Waals surface area contributed by atoms with Gasteiger partial charge in [0.05, 0.1) is 0 Å². The van der Waals surface area contributed by atoms with E-state index in [0.29, 0.717) is 0 Å². The Labute approximate surface area is 352 Å². The van der Waals surface area contributed by atoms with Crippen molar-refractivity contribution in [2.24, 2.45) is 0 Å². The van der Waals surface area contributed by atoms with Gasteiger partial charge in [0.25, 0.3) is 20.1 Å². The molecule has 1 aromatic carbocycles. The third-order valence-electron chi connectivity index (χ3n) is 13.3. The van der Waals surface area contributed by atoms with E-state index in [2.05, 4.69) is 233 Å². The topological polar surface area (TPSA) is 9.72 Å². The van der Waals surface area contributed by atoms with E-state index >= 15 is 0 Å². The van der Waals surface area contributed by atoms with Gasteiger partial charge in [-0.1, -0.05) is 182 Å². The molecular formula is C54H36B3N3. The summed E-state index contributed by atoms with van der Waals surface area (Å²) in [7, 11) is 0. The van der Waals surface area contributed by atoms with Crippen LogP contribution in [0.2, 0.25) is 0 Å². The highest BCUT2D eigenvalue weighted by Gasteiger charge is 2.57. The average molecular weight is 759 g/mol. The maximum absolute atomic E-state index is 2.63. The largest absolute Gasteiger partial charge is 0.312 e. The Kier molecular flexibility index (Phi) is 7.29. The molecule has 0 atom stereocenters. The quantitative estimate of drug-likeness (QED) is 0.245. The Morgan fingerprint density at radius 2 is 0.367 bits per heavy atom. The zero-order valence-corrected chi connectivity index (χ0v) is 32.9. The molecule has 0 saturated carbocycles. The third-order valence-corrected chi connectivity index (χ3v) is 13.3. The second-order valence-corrected chi connectivity index (χ2v) is 16.3. The van der Waals surface area contributed by atoms with Crippen LogP contribution < -0.4 is 31.1 Å². The molecule has 0 spiro atoms. The third kappa shape index (κ3) is 4.48. The van der Waals surface area contributed by atoms with Crippen LogP contribution in [-0.2, 0) is 0 Å². The van der Waals surface area contributed by atoms with Crippen molar-refractivity contribution < 1.29 is 0 Å². The summed E-state index contributed by atoms with van der Waals surface area (Å²) in [5, 5.41) is 0. The molecular weight excluding hydrogens is 723 g/mol. The fourth-order valence-corrected chi connectivity index (χ4v) is 11.2.